The molecule has 15 heavy (non-hydrogen) atoms. The van der Waals surface area contributed by atoms with Gasteiger partial charge in [-0.2, -0.15) is 0 Å². The first-order valence-corrected chi connectivity index (χ1v) is 4.28. The van der Waals surface area contributed by atoms with Gasteiger partial charge in [0.2, 0.25) is 0 Å². The van der Waals surface area contributed by atoms with Crippen molar-refractivity contribution in [3.8, 4) is 5.75 Å². The van der Waals surface area contributed by atoms with Crippen molar-refractivity contribution >= 4 is 11.7 Å². The molecule has 1 rings (SSSR count). The lowest BCUT2D eigenvalue weighted by Crippen LogP contribution is -2.08. The molecule has 0 aliphatic rings. The number of rotatable bonds is 4. The number of carbonyl (C=O) groups is 1. The van der Waals surface area contributed by atoms with Crippen molar-refractivity contribution in [1.82, 2.24) is 0 Å². The van der Waals surface area contributed by atoms with Crippen LogP contribution in [0.2, 0.25) is 0 Å². The summed E-state index contributed by atoms with van der Waals surface area (Å²) in [4.78, 5) is 11.3. The number of benzene rings is 1. The van der Waals surface area contributed by atoms with Crippen molar-refractivity contribution in [1.29, 1.82) is 0 Å². The molecule has 2 N–H and O–H groups in total. The molecular formula is C10H13NO4. The fourth-order valence-electron chi connectivity index (χ4n) is 1.06. The van der Waals surface area contributed by atoms with E-state index in [1.165, 1.54) is 14.2 Å². The van der Waals surface area contributed by atoms with Crippen molar-refractivity contribution in [3.63, 3.8) is 0 Å². The van der Waals surface area contributed by atoms with Crippen molar-refractivity contribution in [2.75, 3.05) is 26.7 Å². The maximum Gasteiger partial charge on any atom is 0.341 e. The lowest BCUT2D eigenvalue weighted by molar-refractivity contribution is 0.0465. The van der Waals surface area contributed by atoms with E-state index in [1.54, 1.807) is 18.2 Å². The average Bonchev–Trinajstić information content (AvgIpc) is 2.25. The van der Waals surface area contributed by atoms with Gasteiger partial charge in [-0.3, -0.25) is 0 Å². The van der Waals surface area contributed by atoms with Crippen LogP contribution in [-0.2, 0) is 9.47 Å². The summed E-state index contributed by atoms with van der Waals surface area (Å²) in [7, 11) is 2.79. The predicted molar refractivity (Wildman–Crippen MR) is 54.7 cm³/mol. The third-order valence-electron chi connectivity index (χ3n) is 1.74. The van der Waals surface area contributed by atoms with Crippen LogP contribution in [0.3, 0.4) is 0 Å². The number of esters is 1. The number of nitrogens with two attached hydrogens (primary N) is 1. The Balaban J connectivity index is 2.97. The van der Waals surface area contributed by atoms with Gasteiger partial charge in [0.05, 0.1) is 7.11 Å². The second-order valence-corrected chi connectivity index (χ2v) is 2.80. The molecular weight excluding hydrogens is 198 g/mol. The van der Waals surface area contributed by atoms with Crippen molar-refractivity contribution in [2.24, 2.45) is 0 Å². The molecule has 0 spiro atoms. The van der Waals surface area contributed by atoms with Gasteiger partial charge in [0, 0.05) is 18.9 Å². The number of nitrogen functional groups attached to an aromatic ring is 1. The van der Waals surface area contributed by atoms with Gasteiger partial charge in [0.1, 0.15) is 11.3 Å². The Hall–Kier alpha value is -1.75. The van der Waals surface area contributed by atoms with Gasteiger partial charge in [-0.15, -0.1) is 0 Å². The Morgan fingerprint density at radius 1 is 1.40 bits per heavy atom. The van der Waals surface area contributed by atoms with E-state index >= 15 is 0 Å². The third kappa shape index (κ3) is 2.85. The van der Waals surface area contributed by atoms with E-state index in [1.807, 2.05) is 0 Å². The second kappa shape index (κ2) is 5.21. The van der Waals surface area contributed by atoms with Gasteiger partial charge in [-0.1, -0.05) is 0 Å². The number of methoxy groups -OCH3 is 2. The van der Waals surface area contributed by atoms with E-state index in [0.29, 0.717) is 17.0 Å². The van der Waals surface area contributed by atoms with E-state index < -0.39 is 5.97 Å². The Kier molecular flexibility index (Phi) is 3.93. The van der Waals surface area contributed by atoms with Crippen LogP contribution < -0.4 is 10.5 Å². The van der Waals surface area contributed by atoms with Crippen LogP contribution in [0.15, 0.2) is 18.2 Å². The molecule has 0 aliphatic heterocycles. The van der Waals surface area contributed by atoms with Crippen LogP contribution in [0.25, 0.3) is 0 Å². The van der Waals surface area contributed by atoms with E-state index in [2.05, 4.69) is 4.74 Å². The SMILES string of the molecule is COCOc1cc(N)ccc1C(=O)OC. The quantitative estimate of drug-likeness (QED) is 0.457. The van der Waals surface area contributed by atoms with E-state index in [-0.39, 0.29) is 6.79 Å². The normalized spacial score (nSPS) is 9.73. The molecule has 0 aromatic heterocycles. The molecule has 0 bridgehead atoms. The maximum atomic E-state index is 11.3. The monoisotopic (exact) mass is 211 g/mol. The maximum absolute atomic E-state index is 11.3. The van der Waals surface area contributed by atoms with Gasteiger partial charge in [-0.25, -0.2) is 4.79 Å². The number of hydrogen-bond acceptors (Lipinski definition) is 5. The topological polar surface area (TPSA) is 70.8 Å². The van der Waals surface area contributed by atoms with Crippen LogP contribution in [0, 0.1) is 0 Å². The highest BCUT2D eigenvalue weighted by molar-refractivity contribution is 5.93. The van der Waals surface area contributed by atoms with Crippen molar-refractivity contribution < 1.29 is 19.0 Å². The molecule has 0 radical (unpaired) electrons. The molecule has 0 amide bonds. The largest absolute Gasteiger partial charge is 0.467 e. The zero-order chi connectivity index (χ0) is 11.3. The van der Waals surface area contributed by atoms with Crippen LogP contribution in [0.1, 0.15) is 10.4 Å². The second-order valence-electron chi connectivity index (χ2n) is 2.80. The predicted octanol–water partition coefficient (Wildman–Crippen LogP) is 1.04. The smallest absolute Gasteiger partial charge is 0.341 e. The van der Waals surface area contributed by atoms with Crippen molar-refractivity contribution in [2.45, 2.75) is 0 Å². The van der Waals surface area contributed by atoms with Gasteiger partial charge in [-0.05, 0) is 12.1 Å². The van der Waals surface area contributed by atoms with Crippen LogP contribution in [0.4, 0.5) is 5.69 Å². The van der Waals surface area contributed by atoms with Crippen LogP contribution in [0.5, 0.6) is 5.75 Å². The molecule has 0 aliphatic carbocycles. The Bertz CT molecular complexity index is 351. The fourth-order valence-corrected chi connectivity index (χ4v) is 1.06. The minimum Gasteiger partial charge on any atom is -0.467 e. The number of anilines is 1. The van der Waals surface area contributed by atoms with Crippen molar-refractivity contribution in [3.05, 3.63) is 23.8 Å². The standard InChI is InChI=1S/C10H13NO4/c1-13-6-15-9-5-7(11)3-4-8(9)10(12)14-2/h3-5H,6,11H2,1-2H3. The Morgan fingerprint density at radius 2 is 2.13 bits per heavy atom. The molecule has 5 nitrogen and oxygen atoms in total. The third-order valence-corrected chi connectivity index (χ3v) is 1.74. The number of hydrogen-bond donors (Lipinski definition) is 1. The summed E-state index contributed by atoms with van der Waals surface area (Å²) in [5.41, 5.74) is 6.40. The molecule has 0 unspecified atom stereocenters. The summed E-state index contributed by atoms with van der Waals surface area (Å²) in [6.07, 6.45) is 0. The first-order chi connectivity index (χ1) is 7.19. The summed E-state index contributed by atoms with van der Waals surface area (Å²) in [5, 5.41) is 0. The number of carbonyl (C=O) groups excluding carboxylic acids is 1. The highest BCUT2D eigenvalue weighted by Gasteiger charge is 2.12. The first kappa shape index (κ1) is 11.3. The van der Waals surface area contributed by atoms with E-state index in [9.17, 15) is 4.79 Å². The van der Waals surface area contributed by atoms with E-state index in [0.717, 1.165) is 0 Å². The molecule has 1 aromatic rings. The molecule has 1 aromatic carbocycles. The molecule has 82 valence electrons. The summed E-state index contributed by atoms with van der Waals surface area (Å²) >= 11 is 0. The Morgan fingerprint density at radius 3 is 2.73 bits per heavy atom. The zero-order valence-corrected chi connectivity index (χ0v) is 8.65. The molecule has 0 heterocycles. The minimum absolute atomic E-state index is 0.0491. The van der Waals surface area contributed by atoms with Gasteiger partial charge >= 0.3 is 5.97 Å². The molecule has 0 fully saturated rings. The fraction of sp³-hybridized carbons (Fsp3) is 0.300. The lowest BCUT2D eigenvalue weighted by Gasteiger charge is -2.09. The minimum atomic E-state index is -0.471. The molecule has 0 saturated heterocycles. The van der Waals surface area contributed by atoms with Gasteiger partial charge in [0.15, 0.2) is 6.79 Å². The zero-order valence-electron chi connectivity index (χ0n) is 8.65. The van der Waals surface area contributed by atoms with E-state index in [4.69, 9.17) is 15.2 Å². The molecule has 0 atom stereocenters. The number of ether oxygens (including phenoxy) is 3. The van der Waals surface area contributed by atoms with Gasteiger partial charge in [0.25, 0.3) is 0 Å². The van der Waals surface area contributed by atoms with Crippen LogP contribution in [-0.4, -0.2) is 27.0 Å². The summed E-state index contributed by atoms with van der Waals surface area (Å²) in [6.45, 7) is 0.0491. The highest BCUT2D eigenvalue weighted by atomic mass is 16.7. The lowest BCUT2D eigenvalue weighted by atomic mass is 10.2. The summed E-state index contributed by atoms with van der Waals surface area (Å²) in [6, 6.07) is 4.70. The first-order valence-electron chi connectivity index (χ1n) is 4.28. The molecule has 0 saturated carbocycles. The molecule has 5 heteroatoms. The van der Waals surface area contributed by atoms with Crippen LogP contribution >= 0.6 is 0 Å². The highest BCUT2D eigenvalue weighted by Crippen LogP contribution is 2.22. The average molecular weight is 211 g/mol. The Labute approximate surface area is 87.7 Å². The van der Waals surface area contributed by atoms with Gasteiger partial charge < -0.3 is 19.9 Å². The summed E-state index contributed by atoms with van der Waals surface area (Å²) < 4.78 is 14.5. The summed E-state index contributed by atoms with van der Waals surface area (Å²) in [5.74, 6) is -0.121.